The molecule has 1 unspecified atom stereocenters. The number of aliphatic hydroxyl groups excluding tert-OH is 1. The van der Waals surface area contributed by atoms with E-state index in [0.29, 0.717) is 6.54 Å². The predicted octanol–water partition coefficient (Wildman–Crippen LogP) is 7.21. The Balaban J connectivity index is 0.00000181. The molecule has 0 radical (unpaired) electrons. The van der Waals surface area contributed by atoms with Gasteiger partial charge in [-0.2, -0.15) is 0 Å². The van der Waals surface area contributed by atoms with Gasteiger partial charge in [-0.3, -0.25) is 9.88 Å². The van der Waals surface area contributed by atoms with Crippen molar-refractivity contribution in [1.29, 1.82) is 0 Å². The van der Waals surface area contributed by atoms with Gasteiger partial charge in [0.05, 0.1) is 0 Å². The van der Waals surface area contributed by atoms with Crippen LogP contribution >= 0.6 is 0 Å². The number of likely N-dealkylation sites (N-methyl/N-ethyl adjacent to an activating group) is 1. The van der Waals surface area contributed by atoms with Crippen LogP contribution in [0, 0.1) is 0 Å². The van der Waals surface area contributed by atoms with E-state index in [-0.39, 0.29) is 6.23 Å². The third-order valence-corrected chi connectivity index (χ3v) is 6.21. The van der Waals surface area contributed by atoms with Gasteiger partial charge in [0, 0.05) is 55.6 Å². The number of hydrogen-bond donors (Lipinski definition) is 3. The molecule has 0 spiro atoms. The van der Waals surface area contributed by atoms with Crippen LogP contribution in [0.1, 0.15) is 66.4 Å². The van der Waals surface area contributed by atoms with E-state index in [1.54, 1.807) is 18.6 Å². The summed E-state index contributed by atoms with van der Waals surface area (Å²) in [4.78, 5) is 6.32. The van der Waals surface area contributed by atoms with Crippen molar-refractivity contribution < 1.29 is 5.11 Å². The monoisotopic (exact) mass is 530 g/mol. The molecule has 39 heavy (non-hydrogen) atoms. The first kappa shape index (κ1) is 33.6. The van der Waals surface area contributed by atoms with Gasteiger partial charge in [-0.05, 0) is 73.6 Å². The van der Waals surface area contributed by atoms with Crippen molar-refractivity contribution in [2.75, 3.05) is 20.1 Å². The molecule has 0 saturated carbocycles. The van der Waals surface area contributed by atoms with Crippen LogP contribution in [0.3, 0.4) is 0 Å². The van der Waals surface area contributed by atoms with Crippen molar-refractivity contribution in [2.45, 2.75) is 67.0 Å². The number of allylic oxidation sites excluding steroid dienone is 11. The Labute approximate surface area is 237 Å². The van der Waals surface area contributed by atoms with E-state index in [4.69, 9.17) is 5.73 Å². The maximum Gasteiger partial charge on any atom is 0.108 e. The van der Waals surface area contributed by atoms with Crippen LogP contribution in [0.4, 0.5) is 0 Å². The zero-order valence-electron chi connectivity index (χ0n) is 25.1. The quantitative estimate of drug-likeness (QED) is 0.279. The average molecular weight is 531 g/mol. The lowest BCUT2D eigenvalue weighted by Crippen LogP contribution is -2.48. The van der Waals surface area contributed by atoms with Crippen LogP contribution in [-0.2, 0) is 0 Å². The Morgan fingerprint density at radius 3 is 2.31 bits per heavy atom. The smallest absolute Gasteiger partial charge is 0.108 e. The number of nitrogens with one attached hydrogen (secondary N) is 1. The van der Waals surface area contributed by atoms with E-state index in [0.717, 1.165) is 59.4 Å². The maximum absolute atomic E-state index is 10.2. The van der Waals surface area contributed by atoms with Gasteiger partial charge in [-0.25, -0.2) is 0 Å². The molecule has 1 aliphatic heterocycles. The Morgan fingerprint density at radius 2 is 1.82 bits per heavy atom. The third-order valence-electron chi connectivity index (χ3n) is 6.21. The molecule has 1 aromatic rings. The van der Waals surface area contributed by atoms with Crippen molar-refractivity contribution >= 4 is 5.57 Å². The summed E-state index contributed by atoms with van der Waals surface area (Å²) < 4.78 is 0. The summed E-state index contributed by atoms with van der Waals surface area (Å²) in [6.45, 7) is 13.6. The van der Waals surface area contributed by atoms with Crippen molar-refractivity contribution in [2.24, 2.45) is 5.73 Å². The van der Waals surface area contributed by atoms with Gasteiger partial charge in [0.1, 0.15) is 6.23 Å². The molecule has 4 N–H and O–H groups in total. The van der Waals surface area contributed by atoms with Gasteiger partial charge >= 0.3 is 0 Å². The highest BCUT2D eigenvalue weighted by Gasteiger charge is 2.27. The summed E-state index contributed by atoms with van der Waals surface area (Å²) in [5.41, 5.74) is 13.6. The molecule has 212 valence electrons. The Morgan fingerprint density at radius 1 is 1.10 bits per heavy atom. The molecule has 0 aromatic carbocycles. The summed E-state index contributed by atoms with van der Waals surface area (Å²) in [7, 11) is 1.94. The van der Waals surface area contributed by atoms with E-state index < -0.39 is 0 Å². The first-order valence-corrected chi connectivity index (χ1v) is 14.3. The number of aliphatic hydroxyl groups is 1. The van der Waals surface area contributed by atoms with E-state index in [9.17, 15) is 5.11 Å². The topological polar surface area (TPSA) is 74.4 Å². The van der Waals surface area contributed by atoms with Gasteiger partial charge in [0.15, 0.2) is 0 Å². The maximum atomic E-state index is 10.2. The summed E-state index contributed by atoms with van der Waals surface area (Å²) >= 11 is 0. The fraction of sp³-hybridized carbons (Fsp3) is 0.382. The molecule has 0 bridgehead atoms. The van der Waals surface area contributed by atoms with Crippen LogP contribution in [0.15, 0.2) is 113 Å². The number of likely N-dealkylation sites (tertiary alicyclic amines) is 1. The minimum Gasteiger partial charge on any atom is -0.404 e. The predicted molar refractivity (Wildman–Crippen MR) is 170 cm³/mol. The van der Waals surface area contributed by atoms with E-state index in [2.05, 4.69) is 51.7 Å². The lowest BCUT2D eigenvalue weighted by atomic mass is 9.89. The number of aromatic nitrogens is 1. The van der Waals surface area contributed by atoms with Crippen LogP contribution in [-0.4, -0.2) is 41.4 Å². The minimum atomic E-state index is -0.384. The number of rotatable bonds is 10. The lowest BCUT2D eigenvalue weighted by Gasteiger charge is -2.38. The van der Waals surface area contributed by atoms with Gasteiger partial charge < -0.3 is 16.2 Å². The molecule has 1 fully saturated rings. The summed E-state index contributed by atoms with van der Waals surface area (Å²) in [5.74, 6) is 0. The molecule has 5 nitrogen and oxygen atoms in total. The van der Waals surface area contributed by atoms with Crippen molar-refractivity contribution in [3.63, 3.8) is 0 Å². The van der Waals surface area contributed by atoms with Crippen molar-refractivity contribution in [1.82, 2.24) is 15.2 Å². The first-order valence-electron chi connectivity index (χ1n) is 14.3. The van der Waals surface area contributed by atoms with Crippen LogP contribution < -0.4 is 11.1 Å². The molecule has 0 amide bonds. The van der Waals surface area contributed by atoms with Crippen molar-refractivity contribution in [3.05, 3.63) is 119 Å². The van der Waals surface area contributed by atoms with Crippen molar-refractivity contribution in [3.8, 4) is 0 Å². The second kappa shape index (κ2) is 19.6. The zero-order chi connectivity index (χ0) is 29.0. The molecular weight excluding hydrogens is 480 g/mol. The highest BCUT2D eigenvalue weighted by atomic mass is 16.3. The van der Waals surface area contributed by atoms with Gasteiger partial charge in [-0.15, -0.1) is 0 Å². The molecule has 2 heterocycles. The summed E-state index contributed by atoms with van der Waals surface area (Å²) in [6, 6.07) is 4.01. The first-order chi connectivity index (χ1) is 19.1. The normalized spacial score (nSPS) is 18.9. The van der Waals surface area contributed by atoms with Crippen LogP contribution in [0.25, 0.3) is 5.57 Å². The second-order valence-corrected chi connectivity index (χ2v) is 8.55. The molecule has 1 aromatic heterocycles. The molecule has 1 atom stereocenters. The highest BCUT2D eigenvalue weighted by molar-refractivity contribution is 5.87. The zero-order valence-corrected chi connectivity index (χ0v) is 25.1. The average Bonchev–Trinajstić information content (AvgIpc) is 3.00. The molecule has 5 heteroatoms. The SMILES string of the molecule is CC.CC.C\C=C/C(=C\C=C\C)C(/NC)=C(C(/C=C(\CN1CCC1O)C1=CCCC=C1)=C/N)\c1ccncc1. The lowest BCUT2D eigenvalue weighted by molar-refractivity contribution is -0.0672. The highest BCUT2D eigenvalue weighted by Crippen LogP contribution is 2.33. The molecular formula is C34H50N4O. The van der Waals surface area contributed by atoms with E-state index in [1.165, 1.54) is 5.57 Å². The Hall–Kier alpha value is -3.41. The van der Waals surface area contributed by atoms with Crippen LogP contribution in [0.2, 0.25) is 0 Å². The largest absolute Gasteiger partial charge is 0.404 e. The number of nitrogens with two attached hydrogens (primary N) is 1. The van der Waals surface area contributed by atoms with E-state index in [1.807, 2.05) is 79.0 Å². The fourth-order valence-corrected chi connectivity index (χ4v) is 4.28. The Kier molecular flexibility index (Phi) is 16.9. The summed E-state index contributed by atoms with van der Waals surface area (Å²) in [6.07, 6.45) is 26.9. The standard InChI is InChI=1S/C30H38N4O.2C2H6/c1-4-6-11-25(10-5-2)30(32-3)29(24-14-17-33-18-15-24)26(21-31)20-27(22-34-19-16-28(34)35)23-12-8-7-9-13-23;2*1-2/h4-6,8,10-15,17-18,20-21,28,32,35H,7,9,16,19,22,31H2,1-3H3;2*1-2H3/b6-4+,10-5-,25-11+,26-21+,27-20+,30-29-;;. The number of nitrogens with zero attached hydrogens (tertiary/aromatic N) is 2. The molecule has 3 rings (SSSR count). The van der Waals surface area contributed by atoms with Gasteiger partial charge in [-0.1, -0.05) is 76.3 Å². The Bertz CT molecular complexity index is 1100. The van der Waals surface area contributed by atoms with E-state index >= 15 is 0 Å². The van der Waals surface area contributed by atoms with Gasteiger partial charge in [0.2, 0.25) is 0 Å². The minimum absolute atomic E-state index is 0.384. The molecule has 2 aliphatic rings. The fourth-order valence-electron chi connectivity index (χ4n) is 4.28. The number of pyridine rings is 1. The van der Waals surface area contributed by atoms with Crippen LogP contribution in [0.5, 0.6) is 0 Å². The molecule has 1 saturated heterocycles. The summed E-state index contributed by atoms with van der Waals surface area (Å²) in [5, 5.41) is 13.7. The number of hydrogen-bond acceptors (Lipinski definition) is 5. The second-order valence-electron chi connectivity index (χ2n) is 8.55. The molecule has 1 aliphatic carbocycles. The van der Waals surface area contributed by atoms with Gasteiger partial charge in [0.25, 0.3) is 0 Å². The third kappa shape index (κ3) is 10.0.